The zero-order valence-corrected chi connectivity index (χ0v) is 13.8. The Kier molecular flexibility index (Phi) is 5.15. The van der Waals surface area contributed by atoms with Crippen LogP contribution in [0.25, 0.3) is 0 Å². The maximum Gasteiger partial charge on any atom is 0.313 e. The SMILES string of the molecule is O=C(NCC(c1ccco1)n1cccn1)C(=O)Nc1ccccc1Cl. The number of furan rings is 1. The number of nitrogens with one attached hydrogen (secondary N) is 2. The summed E-state index contributed by atoms with van der Waals surface area (Å²) < 4.78 is 7.04. The minimum atomic E-state index is -0.799. The summed E-state index contributed by atoms with van der Waals surface area (Å²) >= 11 is 5.97. The highest BCUT2D eigenvalue weighted by atomic mass is 35.5. The van der Waals surface area contributed by atoms with Gasteiger partial charge in [0.2, 0.25) is 0 Å². The van der Waals surface area contributed by atoms with Gasteiger partial charge in [-0.15, -0.1) is 0 Å². The van der Waals surface area contributed by atoms with Gasteiger partial charge in [-0.2, -0.15) is 5.10 Å². The summed E-state index contributed by atoms with van der Waals surface area (Å²) in [6.45, 7) is 0.143. The van der Waals surface area contributed by atoms with Crippen molar-refractivity contribution in [1.29, 1.82) is 0 Å². The lowest BCUT2D eigenvalue weighted by Gasteiger charge is -2.16. The zero-order valence-electron chi connectivity index (χ0n) is 13.1. The molecule has 25 heavy (non-hydrogen) atoms. The van der Waals surface area contributed by atoms with Crippen molar-refractivity contribution in [2.24, 2.45) is 0 Å². The second-order valence-electron chi connectivity index (χ2n) is 5.16. The number of carbonyl (C=O) groups is 2. The van der Waals surface area contributed by atoms with Crippen LogP contribution >= 0.6 is 11.6 Å². The van der Waals surface area contributed by atoms with Gasteiger partial charge in [-0.1, -0.05) is 23.7 Å². The van der Waals surface area contributed by atoms with E-state index in [0.29, 0.717) is 16.5 Å². The van der Waals surface area contributed by atoms with Crippen molar-refractivity contribution < 1.29 is 14.0 Å². The van der Waals surface area contributed by atoms with E-state index in [0.717, 1.165) is 0 Å². The molecular weight excluding hydrogens is 344 g/mol. The maximum absolute atomic E-state index is 12.1. The van der Waals surface area contributed by atoms with Crippen LogP contribution in [-0.2, 0) is 9.59 Å². The Morgan fingerprint density at radius 2 is 2.00 bits per heavy atom. The number of hydrogen-bond donors (Lipinski definition) is 2. The number of aromatic nitrogens is 2. The Morgan fingerprint density at radius 3 is 2.68 bits per heavy atom. The number of nitrogens with zero attached hydrogens (tertiary/aromatic N) is 2. The number of benzene rings is 1. The molecule has 0 saturated heterocycles. The van der Waals surface area contributed by atoms with E-state index in [9.17, 15) is 9.59 Å². The van der Waals surface area contributed by atoms with Crippen LogP contribution < -0.4 is 10.6 Å². The highest BCUT2D eigenvalue weighted by Gasteiger charge is 2.21. The van der Waals surface area contributed by atoms with E-state index in [1.54, 1.807) is 59.5 Å². The van der Waals surface area contributed by atoms with Crippen molar-refractivity contribution in [1.82, 2.24) is 15.1 Å². The van der Waals surface area contributed by atoms with Crippen LogP contribution in [0.1, 0.15) is 11.8 Å². The fraction of sp³-hybridized carbons (Fsp3) is 0.118. The molecule has 2 heterocycles. The lowest BCUT2D eigenvalue weighted by atomic mass is 10.2. The predicted octanol–water partition coefficient (Wildman–Crippen LogP) is 2.47. The normalized spacial score (nSPS) is 11.7. The third-order valence-electron chi connectivity index (χ3n) is 3.50. The fourth-order valence-electron chi connectivity index (χ4n) is 2.28. The van der Waals surface area contributed by atoms with E-state index in [-0.39, 0.29) is 12.6 Å². The molecule has 2 amide bonds. The molecule has 7 nitrogen and oxygen atoms in total. The molecule has 2 N–H and O–H groups in total. The van der Waals surface area contributed by atoms with Gasteiger partial charge in [0, 0.05) is 18.9 Å². The van der Waals surface area contributed by atoms with Gasteiger partial charge >= 0.3 is 11.8 Å². The number of amides is 2. The van der Waals surface area contributed by atoms with E-state index in [4.69, 9.17) is 16.0 Å². The van der Waals surface area contributed by atoms with Crippen molar-refractivity contribution in [2.45, 2.75) is 6.04 Å². The first-order chi connectivity index (χ1) is 12.1. The van der Waals surface area contributed by atoms with Crippen LogP contribution in [0, 0.1) is 0 Å². The molecular formula is C17H15ClN4O3. The molecule has 0 aliphatic carbocycles. The molecule has 128 valence electrons. The molecule has 0 fully saturated rings. The van der Waals surface area contributed by atoms with Crippen molar-refractivity contribution in [3.8, 4) is 0 Å². The van der Waals surface area contributed by atoms with Crippen LogP contribution in [0.3, 0.4) is 0 Å². The van der Waals surface area contributed by atoms with Crippen molar-refractivity contribution in [3.63, 3.8) is 0 Å². The van der Waals surface area contributed by atoms with Gasteiger partial charge in [-0.25, -0.2) is 0 Å². The smallest absolute Gasteiger partial charge is 0.313 e. The Morgan fingerprint density at radius 1 is 1.16 bits per heavy atom. The van der Waals surface area contributed by atoms with Crippen LogP contribution in [0.4, 0.5) is 5.69 Å². The summed E-state index contributed by atoms with van der Waals surface area (Å²) in [5.41, 5.74) is 0.374. The van der Waals surface area contributed by atoms with Gasteiger partial charge in [-0.3, -0.25) is 14.3 Å². The van der Waals surface area contributed by atoms with Gasteiger partial charge in [0.05, 0.1) is 17.0 Å². The molecule has 8 heteroatoms. The van der Waals surface area contributed by atoms with Crippen molar-refractivity contribution in [3.05, 3.63) is 71.9 Å². The van der Waals surface area contributed by atoms with E-state index < -0.39 is 11.8 Å². The van der Waals surface area contributed by atoms with E-state index in [1.807, 2.05) is 0 Å². The van der Waals surface area contributed by atoms with Gasteiger partial charge in [-0.05, 0) is 30.3 Å². The molecule has 1 aromatic carbocycles. The highest BCUT2D eigenvalue weighted by molar-refractivity contribution is 6.41. The molecule has 1 atom stereocenters. The number of para-hydroxylation sites is 1. The molecule has 0 radical (unpaired) electrons. The predicted molar refractivity (Wildman–Crippen MR) is 92.2 cm³/mol. The minimum absolute atomic E-state index is 0.143. The summed E-state index contributed by atoms with van der Waals surface area (Å²) in [5, 5.41) is 9.58. The Bertz CT molecular complexity index is 812. The number of rotatable bonds is 5. The van der Waals surface area contributed by atoms with Gasteiger partial charge < -0.3 is 15.1 Å². The largest absolute Gasteiger partial charge is 0.467 e. The third-order valence-corrected chi connectivity index (χ3v) is 3.83. The lowest BCUT2D eigenvalue weighted by molar-refractivity contribution is -0.136. The fourth-order valence-corrected chi connectivity index (χ4v) is 2.46. The van der Waals surface area contributed by atoms with E-state index in [1.165, 1.54) is 6.26 Å². The van der Waals surface area contributed by atoms with Gasteiger partial charge in [0.25, 0.3) is 0 Å². The standard InChI is InChI=1S/C17H15ClN4O3/c18-12-5-1-2-6-13(12)21-17(24)16(23)19-11-14(15-7-3-10-25-15)22-9-4-8-20-22/h1-10,14H,11H2,(H,19,23)(H,21,24). The lowest BCUT2D eigenvalue weighted by Crippen LogP contribution is -2.39. The molecule has 0 saturated carbocycles. The van der Waals surface area contributed by atoms with Crippen LogP contribution in [0.2, 0.25) is 5.02 Å². The molecule has 3 rings (SSSR count). The second-order valence-corrected chi connectivity index (χ2v) is 5.57. The first-order valence-electron chi connectivity index (χ1n) is 7.51. The number of halogens is 1. The van der Waals surface area contributed by atoms with E-state index >= 15 is 0 Å². The summed E-state index contributed by atoms with van der Waals surface area (Å²) in [6.07, 6.45) is 4.92. The highest BCUT2D eigenvalue weighted by Crippen LogP contribution is 2.20. The van der Waals surface area contributed by atoms with Gasteiger partial charge in [0.1, 0.15) is 11.8 Å². The quantitative estimate of drug-likeness (QED) is 0.686. The number of carbonyl (C=O) groups excluding carboxylic acids is 2. The maximum atomic E-state index is 12.1. The van der Waals surface area contributed by atoms with Crippen LogP contribution in [0.15, 0.2) is 65.5 Å². The Hall–Kier alpha value is -3.06. The Balaban J connectivity index is 1.64. The van der Waals surface area contributed by atoms with Gasteiger partial charge in [0.15, 0.2) is 0 Å². The van der Waals surface area contributed by atoms with E-state index in [2.05, 4.69) is 15.7 Å². The number of anilines is 1. The molecule has 0 spiro atoms. The molecule has 0 aliphatic heterocycles. The molecule has 2 aromatic heterocycles. The van der Waals surface area contributed by atoms with Crippen molar-refractivity contribution >= 4 is 29.1 Å². The second kappa shape index (κ2) is 7.67. The molecule has 0 aliphatic rings. The molecule has 0 bridgehead atoms. The number of hydrogen-bond acceptors (Lipinski definition) is 4. The summed E-state index contributed by atoms with van der Waals surface area (Å²) in [7, 11) is 0. The minimum Gasteiger partial charge on any atom is -0.467 e. The molecule has 1 unspecified atom stereocenters. The summed E-state index contributed by atoms with van der Waals surface area (Å²) in [6, 6.07) is 11.6. The average molecular weight is 359 g/mol. The summed E-state index contributed by atoms with van der Waals surface area (Å²) in [4.78, 5) is 24.1. The topological polar surface area (TPSA) is 89.2 Å². The monoisotopic (exact) mass is 358 g/mol. The van der Waals surface area contributed by atoms with Crippen LogP contribution in [-0.4, -0.2) is 28.1 Å². The average Bonchev–Trinajstić information content (AvgIpc) is 3.31. The summed E-state index contributed by atoms with van der Waals surface area (Å²) in [5.74, 6) is -0.953. The van der Waals surface area contributed by atoms with Crippen LogP contribution in [0.5, 0.6) is 0 Å². The Labute approximate surface area is 148 Å². The van der Waals surface area contributed by atoms with Crippen molar-refractivity contribution in [2.75, 3.05) is 11.9 Å². The molecule has 3 aromatic rings. The first kappa shape index (κ1) is 16.8. The third kappa shape index (κ3) is 4.07. The first-order valence-corrected chi connectivity index (χ1v) is 7.89. The zero-order chi connectivity index (χ0) is 17.6.